The molecule has 7 nitrogen and oxygen atoms in total. The normalized spacial score (nSPS) is 11.1. The van der Waals surface area contributed by atoms with Crippen molar-refractivity contribution in [1.29, 1.82) is 0 Å². The van der Waals surface area contributed by atoms with E-state index in [0.717, 1.165) is 27.0 Å². The minimum Gasteiger partial charge on any atom is -0.493 e. The number of fused-ring (bicyclic) bond motifs is 1. The van der Waals surface area contributed by atoms with Gasteiger partial charge in [0.1, 0.15) is 0 Å². The van der Waals surface area contributed by atoms with Crippen molar-refractivity contribution < 1.29 is 19.0 Å². The molecule has 0 atom stereocenters. The van der Waals surface area contributed by atoms with Crippen LogP contribution in [0, 0.1) is 6.92 Å². The largest absolute Gasteiger partial charge is 0.493 e. The van der Waals surface area contributed by atoms with E-state index in [1.54, 1.807) is 50.6 Å². The molecule has 0 radical (unpaired) electrons. The van der Waals surface area contributed by atoms with Crippen LogP contribution < -0.4 is 19.1 Å². The van der Waals surface area contributed by atoms with Crippen LogP contribution in [0.1, 0.15) is 16.8 Å². The molecule has 0 unspecified atom stereocenters. The lowest BCUT2D eigenvalue weighted by Crippen LogP contribution is -2.29. The summed E-state index contributed by atoms with van der Waals surface area (Å²) in [7, 11) is 4.64. The van der Waals surface area contributed by atoms with E-state index in [2.05, 4.69) is 4.98 Å². The fraction of sp³-hybridized carbons (Fsp3) is 0.192. The lowest BCUT2D eigenvalue weighted by atomic mass is 10.1. The van der Waals surface area contributed by atoms with Gasteiger partial charge >= 0.3 is 0 Å². The number of aromatic nitrogens is 2. The molecule has 0 aliphatic carbocycles. The molecular formula is C26H24ClN3O4S. The molecule has 0 fully saturated rings. The van der Waals surface area contributed by atoms with E-state index in [9.17, 15) is 4.79 Å². The van der Waals surface area contributed by atoms with Crippen molar-refractivity contribution in [1.82, 2.24) is 9.97 Å². The second kappa shape index (κ2) is 10.8. The fourth-order valence-electron chi connectivity index (χ4n) is 3.55. The zero-order valence-electron chi connectivity index (χ0n) is 19.7. The summed E-state index contributed by atoms with van der Waals surface area (Å²) in [5.41, 5.74) is 3.13. The van der Waals surface area contributed by atoms with Crippen molar-refractivity contribution >= 4 is 50.3 Å². The molecule has 4 aromatic rings. The Kier molecular flexibility index (Phi) is 7.53. The van der Waals surface area contributed by atoms with E-state index in [1.165, 1.54) is 17.4 Å². The Bertz CT molecular complexity index is 1360. The number of ether oxygens (including phenoxy) is 3. The summed E-state index contributed by atoms with van der Waals surface area (Å²) in [6, 6.07) is 12.9. The molecule has 2 heterocycles. The molecular weight excluding hydrogens is 486 g/mol. The van der Waals surface area contributed by atoms with Crippen LogP contribution in [0.5, 0.6) is 17.2 Å². The average molecular weight is 510 g/mol. The number of rotatable bonds is 8. The maximum absolute atomic E-state index is 13.4. The third-order valence-electron chi connectivity index (χ3n) is 5.39. The van der Waals surface area contributed by atoms with Crippen LogP contribution in [0.3, 0.4) is 0 Å². The van der Waals surface area contributed by atoms with E-state index in [1.807, 2.05) is 37.3 Å². The number of thiazole rings is 1. The first-order valence-electron chi connectivity index (χ1n) is 10.7. The Morgan fingerprint density at radius 1 is 1.09 bits per heavy atom. The van der Waals surface area contributed by atoms with Gasteiger partial charge in [-0.1, -0.05) is 29.0 Å². The summed E-state index contributed by atoms with van der Waals surface area (Å²) < 4.78 is 17.2. The average Bonchev–Trinajstić information content (AvgIpc) is 3.32. The number of carbonyl (C=O) groups excluding carboxylic acids is 1. The molecule has 0 N–H and O–H groups in total. The minimum absolute atomic E-state index is 0.243. The molecule has 0 saturated heterocycles. The standard InChI is InChI=1S/C26H24ClN3O4S/c1-16-19(27)9-10-22-24(16)29-26(35-22)30(15-18-7-5-6-12-28-18)23(31)11-8-17-13-20(32-2)25(34-4)21(14-17)33-3/h5-14H,15H2,1-4H3/b11-8+. The highest BCUT2D eigenvalue weighted by Gasteiger charge is 2.20. The quantitative estimate of drug-likeness (QED) is 0.274. The van der Waals surface area contributed by atoms with Gasteiger partial charge in [-0.15, -0.1) is 0 Å². The Morgan fingerprint density at radius 2 is 1.83 bits per heavy atom. The van der Waals surface area contributed by atoms with Gasteiger partial charge in [0.15, 0.2) is 16.6 Å². The summed E-state index contributed by atoms with van der Waals surface area (Å²) in [6.45, 7) is 2.19. The Labute approximate surface area is 212 Å². The van der Waals surface area contributed by atoms with Gasteiger partial charge in [-0.3, -0.25) is 14.7 Å². The number of carbonyl (C=O) groups is 1. The zero-order chi connectivity index (χ0) is 24.9. The molecule has 2 aromatic carbocycles. The zero-order valence-corrected chi connectivity index (χ0v) is 21.3. The molecule has 35 heavy (non-hydrogen) atoms. The van der Waals surface area contributed by atoms with E-state index in [4.69, 9.17) is 30.8 Å². The molecule has 0 aliphatic heterocycles. The fourth-order valence-corrected chi connectivity index (χ4v) is 4.74. The molecule has 9 heteroatoms. The highest BCUT2D eigenvalue weighted by atomic mass is 35.5. The van der Waals surface area contributed by atoms with Crippen LogP contribution in [-0.4, -0.2) is 37.2 Å². The number of hydrogen-bond donors (Lipinski definition) is 0. The number of aryl methyl sites for hydroxylation is 1. The molecule has 4 rings (SSSR count). The third kappa shape index (κ3) is 5.23. The smallest absolute Gasteiger partial charge is 0.253 e. The van der Waals surface area contributed by atoms with Gasteiger partial charge < -0.3 is 14.2 Å². The van der Waals surface area contributed by atoms with Crippen LogP contribution in [-0.2, 0) is 11.3 Å². The number of benzene rings is 2. The molecule has 1 amide bonds. The van der Waals surface area contributed by atoms with Crippen LogP contribution >= 0.6 is 22.9 Å². The third-order valence-corrected chi connectivity index (χ3v) is 6.84. The lowest BCUT2D eigenvalue weighted by molar-refractivity contribution is -0.114. The summed E-state index contributed by atoms with van der Waals surface area (Å²) in [4.78, 5) is 24.2. The molecule has 0 saturated carbocycles. The van der Waals surface area contributed by atoms with Crippen LogP contribution in [0.15, 0.2) is 54.7 Å². The molecule has 180 valence electrons. The summed E-state index contributed by atoms with van der Waals surface area (Å²) >= 11 is 7.72. The van der Waals surface area contributed by atoms with Crippen molar-refractivity contribution in [2.45, 2.75) is 13.5 Å². The van der Waals surface area contributed by atoms with Gasteiger partial charge in [-0.25, -0.2) is 4.98 Å². The van der Waals surface area contributed by atoms with Gasteiger partial charge in [-0.05, 0) is 60.5 Å². The topological polar surface area (TPSA) is 73.8 Å². The van der Waals surface area contributed by atoms with Gasteiger partial charge in [0.05, 0.1) is 43.8 Å². The van der Waals surface area contributed by atoms with Crippen molar-refractivity contribution in [2.75, 3.05) is 26.2 Å². The summed E-state index contributed by atoms with van der Waals surface area (Å²) in [6.07, 6.45) is 4.90. The molecule has 2 aromatic heterocycles. The van der Waals surface area contributed by atoms with Crippen LogP contribution in [0.4, 0.5) is 5.13 Å². The van der Waals surface area contributed by atoms with E-state index >= 15 is 0 Å². The van der Waals surface area contributed by atoms with E-state index in [-0.39, 0.29) is 12.5 Å². The highest BCUT2D eigenvalue weighted by Crippen LogP contribution is 2.39. The molecule has 0 aliphatic rings. The minimum atomic E-state index is -0.243. The van der Waals surface area contributed by atoms with Crippen molar-refractivity contribution in [2.24, 2.45) is 0 Å². The van der Waals surface area contributed by atoms with Gasteiger partial charge in [0.25, 0.3) is 5.91 Å². The Hall–Kier alpha value is -3.62. The molecule has 0 bridgehead atoms. The SMILES string of the molecule is COc1cc(/C=C/C(=O)N(Cc2ccccn2)c2nc3c(C)c(Cl)ccc3s2)cc(OC)c1OC. The predicted molar refractivity (Wildman–Crippen MR) is 140 cm³/mol. The number of pyridine rings is 1. The number of nitrogens with zero attached hydrogens (tertiary/aromatic N) is 3. The van der Waals surface area contributed by atoms with Gasteiger partial charge in [-0.2, -0.15) is 0 Å². The van der Waals surface area contributed by atoms with Crippen LogP contribution in [0.25, 0.3) is 16.3 Å². The van der Waals surface area contributed by atoms with E-state index < -0.39 is 0 Å². The summed E-state index contributed by atoms with van der Waals surface area (Å²) in [5, 5.41) is 1.20. The number of methoxy groups -OCH3 is 3. The van der Waals surface area contributed by atoms with Crippen LogP contribution in [0.2, 0.25) is 5.02 Å². The molecule has 0 spiro atoms. The second-order valence-corrected chi connectivity index (χ2v) is 8.97. The first-order valence-corrected chi connectivity index (χ1v) is 11.9. The number of amides is 1. The lowest BCUT2D eigenvalue weighted by Gasteiger charge is -2.18. The number of halogens is 1. The van der Waals surface area contributed by atoms with Gasteiger partial charge in [0.2, 0.25) is 5.75 Å². The van der Waals surface area contributed by atoms with Crippen molar-refractivity contribution in [3.63, 3.8) is 0 Å². The number of anilines is 1. The second-order valence-electron chi connectivity index (χ2n) is 7.55. The predicted octanol–water partition coefficient (Wildman–Crippen LogP) is 5.93. The Morgan fingerprint density at radius 3 is 2.46 bits per heavy atom. The first kappa shape index (κ1) is 24.5. The monoisotopic (exact) mass is 509 g/mol. The number of hydrogen-bond acceptors (Lipinski definition) is 7. The van der Waals surface area contributed by atoms with E-state index in [0.29, 0.717) is 27.4 Å². The van der Waals surface area contributed by atoms with Crippen molar-refractivity contribution in [3.05, 3.63) is 76.6 Å². The maximum atomic E-state index is 13.4. The maximum Gasteiger partial charge on any atom is 0.253 e. The highest BCUT2D eigenvalue weighted by molar-refractivity contribution is 7.22. The Balaban J connectivity index is 1.71. The van der Waals surface area contributed by atoms with Crippen molar-refractivity contribution in [3.8, 4) is 17.2 Å². The first-order chi connectivity index (χ1) is 16.9. The summed E-state index contributed by atoms with van der Waals surface area (Å²) in [5.74, 6) is 1.25. The van der Waals surface area contributed by atoms with Gasteiger partial charge in [0, 0.05) is 17.3 Å².